The topological polar surface area (TPSA) is 147 Å². The first-order valence-corrected chi connectivity index (χ1v) is 6.95. The van der Waals surface area contributed by atoms with Crippen LogP contribution in [0.2, 0.25) is 0 Å². The molecule has 1 heterocycles. The van der Waals surface area contributed by atoms with Crippen LogP contribution < -0.4 is 10.7 Å². The Morgan fingerprint density at radius 3 is 2.68 bits per heavy atom. The maximum atomic E-state index is 11.7. The minimum absolute atomic E-state index is 0.297. The Bertz CT molecular complexity index is 822. The van der Waals surface area contributed by atoms with E-state index in [-0.39, 0.29) is 6.54 Å². The molecule has 2 amide bonds. The number of aromatic hydroxyl groups is 1. The van der Waals surface area contributed by atoms with E-state index in [2.05, 4.69) is 20.8 Å². The summed E-state index contributed by atoms with van der Waals surface area (Å²) in [5, 5.41) is 26.1. The average molecular weight is 343 g/mol. The van der Waals surface area contributed by atoms with Crippen molar-refractivity contribution in [1.29, 1.82) is 0 Å². The quantitative estimate of drug-likeness (QED) is 0.397. The summed E-state index contributed by atoms with van der Waals surface area (Å²) >= 11 is 0. The van der Waals surface area contributed by atoms with Crippen LogP contribution in [-0.2, 0) is 4.79 Å². The normalized spacial score (nSPS) is 10.4. The van der Waals surface area contributed by atoms with Crippen molar-refractivity contribution >= 4 is 23.7 Å². The van der Waals surface area contributed by atoms with Crippen LogP contribution >= 0.6 is 0 Å². The van der Waals surface area contributed by atoms with Gasteiger partial charge in [0.1, 0.15) is 0 Å². The van der Waals surface area contributed by atoms with Crippen molar-refractivity contribution in [2.45, 2.75) is 0 Å². The third-order valence-corrected chi connectivity index (χ3v) is 2.95. The Morgan fingerprint density at radius 2 is 2.00 bits per heavy atom. The van der Waals surface area contributed by atoms with Gasteiger partial charge in [0, 0.05) is 29.6 Å². The maximum absolute atomic E-state index is 11.7. The third kappa shape index (κ3) is 5.10. The van der Waals surface area contributed by atoms with Crippen molar-refractivity contribution in [3.8, 4) is 5.75 Å². The van der Waals surface area contributed by atoms with E-state index in [1.54, 1.807) is 0 Å². The molecule has 2 rings (SSSR count). The molecule has 0 spiro atoms. The van der Waals surface area contributed by atoms with Gasteiger partial charge in [-0.05, 0) is 24.3 Å². The van der Waals surface area contributed by atoms with Crippen molar-refractivity contribution < 1.29 is 19.6 Å². The molecule has 3 N–H and O–H groups in total. The molecule has 0 unspecified atom stereocenters. The maximum Gasteiger partial charge on any atom is 0.311 e. The van der Waals surface area contributed by atoms with Gasteiger partial charge in [-0.3, -0.25) is 24.7 Å². The lowest BCUT2D eigenvalue weighted by Crippen LogP contribution is -2.34. The van der Waals surface area contributed by atoms with Gasteiger partial charge < -0.3 is 10.4 Å². The summed E-state index contributed by atoms with van der Waals surface area (Å²) in [6.07, 6.45) is 4.08. The molecule has 0 aliphatic carbocycles. The number of rotatable bonds is 6. The van der Waals surface area contributed by atoms with E-state index < -0.39 is 28.2 Å². The summed E-state index contributed by atoms with van der Waals surface area (Å²) in [6, 6.07) is 6.65. The number of hydrogen-bond acceptors (Lipinski definition) is 7. The van der Waals surface area contributed by atoms with E-state index in [1.807, 2.05) is 0 Å². The number of hydrazone groups is 1. The number of phenolic OH excluding ortho intramolecular Hbond substituents is 1. The third-order valence-electron chi connectivity index (χ3n) is 2.95. The number of nitrogens with zero attached hydrogens (tertiary/aromatic N) is 3. The summed E-state index contributed by atoms with van der Waals surface area (Å²) in [5.74, 6) is -1.48. The van der Waals surface area contributed by atoms with Gasteiger partial charge in [-0.15, -0.1) is 0 Å². The number of carbonyl (C=O) groups is 2. The zero-order chi connectivity index (χ0) is 18.2. The Hall–Kier alpha value is -3.82. The van der Waals surface area contributed by atoms with E-state index in [1.165, 1.54) is 36.8 Å². The lowest BCUT2D eigenvalue weighted by molar-refractivity contribution is -0.385. The second-order valence-electron chi connectivity index (χ2n) is 4.72. The van der Waals surface area contributed by atoms with E-state index in [9.17, 15) is 24.8 Å². The monoisotopic (exact) mass is 343 g/mol. The molecule has 0 saturated carbocycles. The minimum Gasteiger partial charge on any atom is -0.502 e. The molecule has 2 aromatic rings. The number of pyridine rings is 1. The van der Waals surface area contributed by atoms with Crippen LogP contribution in [0.5, 0.6) is 5.75 Å². The molecule has 0 radical (unpaired) electrons. The Balaban J connectivity index is 1.85. The fourth-order valence-corrected chi connectivity index (χ4v) is 1.75. The predicted octanol–water partition coefficient (Wildman–Crippen LogP) is 0.575. The molecule has 1 aromatic carbocycles. The zero-order valence-corrected chi connectivity index (χ0v) is 12.7. The van der Waals surface area contributed by atoms with Gasteiger partial charge in [-0.2, -0.15) is 5.10 Å². The zero-order valence-electron chi connectivity index (χ0n) is 12.7. The predicted molar refractivity (Wildman–Crippen MR) is 87.1 cm³/mol. The number of benzene rings is 1. The molecule has 10 heteroatoms. The molecular formula is C15H13N5O5. The van der Waals surface area contributed by atoms with Crippen LogP contribution in [0.15, 0.2) is 47.8 Å². The van der Waals surface area contributed by atoms with Gasteiger partial charge in [0.25, 0.3) is 11.8 Å². The lowest BCUT2D eigenvalue weighted by Gasteiger charge is -2.03. The van der Waals surface area contributed by atoms with Crippen LogP contribution in [-0.4, -0.2) is 39.6 Å². The summed E-state index contributed by atoms with van der Waals surface area (Å²) < 4.78 is 0. The van der Waals surface area contributed by atoms with Crippen molar-refractivity contribution in [1.82, 2.24) is 15.7 Å². The van der Waals surface area contributed by atoms with Crippen molar-refractivity contribution in [2.75, 3.05) is 6.54 Å². The number of phenols is 1. The molecule has 10 nitrogen and oxygen atoms in total. The highest BCUT2D eigenvalue weighted by Crippen LogP contribution is 2.25. The van der Waals surface area contributed by atoms with E-state index >= 15 is 0 Å². The van der Waals surface area contributed by atoms with Gasteiger partial charge in [0.2, 0.25) is 0 Å². The largest absolute Gasteiger partial charge is 0.502 e. The molecule has 128 valence electrons. The van der Waals surface area contributed by atoms with E-state index in [0.717, 1.165) is 12.1 Å². The number of carbonyl (C=O) groups excluding carboxylic acids is 2. The highest BCUT2D eigenvalue weighted by molar-refractivity contribution is 5.96. The van der Waals surface area contributed by atoms with Gasteiger partial charge in [0.05, 0.1) is 17.7 Å². The Labute approximate surface area is 141 Å². The molecule has 0 atom stereocenters. The molecule has 0 aliphatic rings. The number of amides is 2. The Kier molecular flexibility index (Phi) is 5.72. The molecule has 0 saturated heterocycles. The lowest BCUT2D eigenvalue weighted by atomic mass is 10.2. The van der Waals surface area contributed by atoms with Crippen LogP contribution in [0, 0.1) is 10.1 Å². The second-order valence-corrected chi connectivity index (χ2v) is 4.72. The van der Waals surface area contributed by atoms with Gasteiger partial charge in [0.15, 0.2) is 5.75 Å². The Morgan fingerprint density at radius 1 is 1.28 bits per heavy atom. The highest BCUT2D eigenvalue weighted by atomic mass is 16.6. The fourth-order valence-electron chi connectivity index (χ4n) is 1.75. The van der Waals surface area contributed by atoms with Crippen molar-refractivity contribution in [2.24, 2.45) is 5.10 Å². The van der Waals surface area contributed by atoms with Crippen LogP contribution in [0.25, 0.3) is 0 Å². The number of nitro groups is 1. The standard InChI is InChI=1S/C15H13N5O5/c21-13-2-1-10(7-12(13)20(24)25)8-18-19-14(22)9-17-15(23)11-3-5-16-6-4-11/h1-8,21H,9H2,(H,17,23)(H,19,22)/b18-8+. The second kappa shape index (κ2) is 8.15. The smallest absolute Gasteiger partial charge is 0.311 e. The molecule has 25 heavy (non-hydrogen) atoms. The molecule has 0 aliphatic heterocycles. The van der Waals surface area contributed by atoms with E-state index in [4.69, 9.17) is 0 Å². The van der Waals surface area contributed by atoms with Gasteiger partial charge in [-0.1, -0.05) is 0 Å². The average Bonchev–Trinajstić information content (AvgIpc) is 2.61. The number of hydrogen-bond donors (Lipinski definition) is 3. The van der Waals surface area contributed by atoms with Crippen molar-refractivity contribution in [3.63, 3.8) is 0 Å². The number of aromatic nitrogens is 1. The molecule has 1 aromatic heterocycles. The van der Waals surface area contributed by atoms with Crippen molar-refractivity contribution in [3.05, 3.63) is 64.0 Å². The summed E-state index contributed by atoms with van der Waals surface area (Å²) in [5.41, 5.74) is 2.37. The van der Waals surface area contributed by atoms with Gasteiger partial charge >= 0.3 is 5.69 Å². The summed E-state index contributed by atoms with van der Waals surface area (Å²) in [6.45, 7) is -0.297. The van der Waals surface area contributed by atoms with Gasteiger partial charge in [-0.25, -0.2) is 5.43 Å². The number of nitro benzene ring substituents is 1. The molecule has 0 fully saturated rings. The first kappa shape index (κ1) is 17.5. The first-order chi connectivity index (χ1) is 12.0. The molecule has 0 bridgehead atoms. The molecular weight excluding hydrogens is 330 g/mol. The first-order valence-electron chi connectivity index (χ1n) is 6.95. The van der Waals surface area contributed by atoms with Crippen LogP contribution in [0.3, 0.4) is 0 Å². The minimum atomic E-state index is -0.736. The highest BCUT2D eigenvalue weighted by Gasteiger charge is 2.12. The number of nitrogens with one attached hydrogen (secondary N) is 2. The van der Waals surface area contributed by atoms with Crippen LogP contribution in [0.4, 0.5) is 5.69 Å². The summed E-state index contributed by atoms with van der Waals surface area (Å²) in [7, 11) is 0. The summed E-state index contributed by atoms with van der Waals surface area (Å²) in [4.78, 5) is 37.1. The van der Waals surface area contributed by atoms with Crippen LogP contribution in [0.1, 0.15) is 15.9 Å². The van der Waals surface area contributed by atoms with E-state index in [0.29, 0.717) is 11.1 Å². The fraction of sp³-hybridized carbons (Fsp3) is 0.0667. The SMILES string of the molecule is O=C(CNC(=O)c1ccncc1)N/N=C/c1ccc(O)c([N+](=O)[O-])c1.